The molecule has 31 heavy (non-hydrogen) atoms. The Kier molecular flexibility index (Phi) is 6.53. The van der Waals surface area contributed by atoms with Crippen LogP contribution in [0.25, 0.3) is 0 Å². The molecule has 2 aromatic carbocycles. The predicted molar refractivity (Wildman–Crippen MR) is 116 cm³/mol. The van der Waals surface area contributed by atoms with E-state index in [0.29, 0.717) is 5.69 Å². The molecule has 0 aromatic heterocycles. The first kappa shape index (κ1) is 22.2. The number of rotatable bonds is 7. The van der Waals surface area contributed by atoms with Crippen molar-refractivity contribution in [2.24, 2.45) is 5.92 Å². The van der Waals surface area contributed by atoms with Crippen LogP contribution in [0.4, 0.5) is 5.69 Å². The molecule has 7 nitrogen and oxygen atoms in total. The zero-order valence-corrected chi connectivity index (χ0v) is 18.1. The van der Waals surface area contributed by atoms with Gasteiger partial charge in [-0.25, -0.2) is 4.79 Å². The third-order valence-electron chi connectivity index (χ3n) is 5.11. The molecule has 1 aliphatic heterocycles. The molecule has 1 aliphatic rings. The summed E-state index contributed by atoms with van der Waals surface area (Å²) in [5.41, 5.74) is 3.12. The van der Waals surface area contributed by atoms with Gasteiger partial charge in [-0.3, -0.25) is 19.3 Å². The lowest BCUT2D eigenvalue weighted by Crippen LogP contribution is -2.46. The number of carbonyl (C=O) groups is 4. The molecule has 1 atom stereocenters. The monoisotopic (exact) mass is 422 g/mol. The molecule has 0 saturated heterocycles. The van der Waals surface area contributed by atoms with Crippen molar-refractivity contribution in [2.75, 3.05) is 11.9 Å². The minimum atomic E-state index is -1.10. The number of amides is 3. The maximum Gasteiger partial charge on any atom is 0.329 e. The molecule has 1 N–H and O–H groups in total. The van der Waals surface area contributed by atoms with Gasteiger partial charge in [0.05, 0.1) is 11.1 Å². The Morgan fingerprint density at radius 3 is 2.16 bits per heavy atom. The van der Waals surface area contributed by atoms with Gasteiger partial charge in [-0.15, -0.1) is 0 Å². The maximum atomic E-state index is 12.8. The molecule has 0 unspecified atom stereocenters. The molecule has 1 heterocycles. The van der Waals surface area contributed by atoms with Gasteiger partial charge in [-0.2, -0.15) is 0 Å². The zero-order chi connectivity index (χ0) is 22.7. The molecule has 162 valence electrons. The fourth-order valence-corrected chi connectivity index (χ4v) is 3.62. The van der Waals surface area contributed by atoms with Crippen LogP contribution >= 0.6 is 0 Å². The lowest BCUT2D eigenvalue weighted by atomic mass is 10.0. The van der Waals surface area contributed by atoms with Crippen molar-refractivity contribution in [2.45, 2.75) is 40.2 Å². The number of anilines is 1. The SMILES string of the molecule is Cc1ccc(NC(=O)COC(=O)[C@H](CC(C)C)N2C(=O)c3ccccc3C2=O)c(C)c1. The lowest BCUT2D eigenvalue weighted by molar-refractivity contribution is -0.151. The Hall–Kier alpha value is -3.48. The number of ether oxygens (including phenoxy) is 1. The molecule has 0 saturated carbocycles. The number of imide groups is 1. The van der Waals surface area contributed by atoms with E-state index < -0.39 is 36.3 Å². The Morgan fingerprint density at radius 2 is 1.61 bits per heavy atom. The molecule has 0 radical (unpaired) electrons. The summed E-state index contributed by atoms with van der Waals surface area (Å²) >= 11 is 0. The molecule has 3 rings (SSSR count). The summed E-state index contributed by atoms with van der Waals surface area (Å²) < 4.78 is 5.21. The first-order valence-corrected chi connectivity index (χ1v) is 10.2. The molecule has 3 amide bonds. The quantitative estimate of drug-likeness (QED) is 0.545. The molecule has 0 bridgehead atoms. The van der Waals surface area contributed by atoms with E-state index in [9.17, 15) is 19.2 Å². The second-order valence-corrected chi connectivity index (χ2v) is 8.15. The average molecular weight is 422 g/mol. The van der Waals surface area contributed by atoms with Gasteiger partial charge in [0.1, 0.15) is 6.04 Å². The number of hydrogen-bond donors (Lipinski definition) is 1. The van der Waals surface area contributed by atoms with E-state index in [4.69, 9.17) is 4.74 Å². The molecular weight excluding hydrogens is 396 g/mol. The third kappa shape index (κ3) is 4.82. The lowest BCUT2D eigenvalue weighted by Gasteiger charge is -2.25. The van der Waals surface area contributed by atoms with E-state index in [1.165, 1.54) is 0 Å². The highest BCUT2D eigenvalue weighted by Gasteiger charge is 2.43. The van der Waals surface area contributed by atoms with Gasteiger partial charge in [0.2, 0.25) is 0 Å². The minimum absolute atomic E-state index is 0.0193. The third-order valence-corrected chi connectivity index (χ3v) is 5.11. The number of fused-ring (bicyclic) bond motifs is 1. The second kappa shape index (κ2) is 9.12. The van der Waals surface area contributed by atoms with Crippen LogP contribution in [0.1, 0.15) is 52.1 Å². The summed E-state index contributed by atoms with van der Waals surface area (Å²) in [6.45, 7) is 7.07. The summed E-state index contributed by atoms with van der Waals surface area (Å²) in [5, 5.41) is 2.71. The summed E-state index contributed by atoms with van der Waals surface area (Å²) in [5.74, 6) is -2.30. The number of nitrogens with zero attached hydrogens (tertiary/aromatic N) is 1. The van der Waals surface area contributed by atoms with E-state index in [1.54, 1.807) is 30.3 Å². The van der Waals surface area contributed by atoms with Crippen LogP contribution < -0.4 is 5.32 Å². The number of nitrogens with one attached hydrogen (secondary N) is 1. The first-order valence-electron chi connectivity index (χ1n) is 10.2. The Balaban J connectivity index is 1.70. The highest BCUT2D eigenvalue weighted by atomic mass is 16.5. The normalized spacial score (nSPS) is 13.9. The van der Waals surface area contributed by atoms with E-state index in [0.717, 1.165) is 16.0 Å². The fraction of sp³-hybridized carbons (Fsp3) is 0.333. The molecule has 0 aliphatic carbocycles. The van der Waals surface area contributed by atoms with Gasteiger partial charge in [0.15, 0.2) is 6.61 Å². The predicted octanol–water partition coefficient (Wildman–Crippen LogP) is 3.50. The Bertz CT molecular complexity index is 1010. The Morgan fingerprint density at radius 1 is 1.00 bits per heavy atom. The smallest absolute Gasteiger partial charge is 0.329 e. The van der Waals surface area contributed by atoms with Gasteiger partial charge < -0.3 is 10.1 Å². The highest BCUT2D eigenvalue weighted by molar-refractivity contribution is 6.22. The topological polar surface area (TPSA) is 92.8 Å². The number of benzene rings is 2. The van der Waals surface area contributed by atoms with Gasteiger partial charge >= 0.3 is 5.97 Å². The van der Waals surface area contributed by atoms with Crippen LogP contribution in [-0.4, -0.2) is 41.2 Å². The van der Waals surface area contributed by atoms with Crippen LogP contribution in [0.5, 0.6) is 0 Å². The minimum Gasteiger partial charge on any atom is -0.454 e. The van der Waals surface area contributed by atoms with Crippen LogP contribution in [-0.2, 0) is 14.3 Å². The van der Waals surface area contributed by atoms with Crippen molar-refractivity contribution < 1.29 is 23.9 Å². The number of carbonyl (C=O) groups excluding carboxylic acids is 4. The van der Waals surface area contributed by atoms with E-state index in [1.807, 2.05) is 39.8 Å². The van der Waals surface area contributed by atoms with Crippen molar-refractivity contribution in [3.05, 3.63) is 64.7 Å². The largest absolute Gasteiger partial charge is 0.454 e. The molecule has 0 spiro atoms. The fourth-order valence-electron chi connectivity index (χ4n) is 3.62. The van der Waals surface area contributed by atoms with Gasteiger partial charge in [0.25, 0.3) is 17.7 Å². The van der Waals surface area contributed by atoms with Crippen LogP contribution in [0.2, 0.25) is 0 Å². The Labute approximate surface area is 181 Å². The van der Waals surface area contributed by atoms with Gasteiger partial charge in [-0.1, -0.05) is 43.7 Å². The molecule has 7 heteroatoms. The van der Waals surface area contributed by atoms with Crippen LogP contribution in [0.15, 0.2) is 42.5 Å². The molecule has 0 fully saturated rings. The van der Waals surface area contributed by atoms with Crippen LogP contribution in [0.3, 0.4) is 0 Å². The zero-order valence-electron chi connectivity index (χ0n) is 18.1. The summed E-state index contributed by atoms with van der Waals surface area (Å²) in [6, 6.07) is 10.9. The average Bonchev–Trinajstić information content (AvgIpc) is 2.97. The number of aryl methyl sites for hydroxylation is 2. The van der Waals surface area contributed by atoms with Gasteiger partial charge in [-0.05, 0) is 49.9 Å². The number of hydrogen-bond acceptors (Lipinski definition) is 5. The van der Waals surface area contributed by atoms with E-state index in [-0.39, 0.29) is 23.5 Å². The van der Waals surface area contributed by atoms with Gasteiger partial charge in [0, 0.05) is 5.69 Å². The number of esters is 1. The van der Waals surface area contributed by atoms with Crippen LogP contribution in [0, 0.1) is 19.8 Å². The summed E-state index contributed by atoms with van der Waals surface area (Å²) in [4.78, 5) is 51.7. The second-order valence-electron chi connectivity index (χ2n) is 8.15. The van der Waals surface area contributed by atoms with E-state index >= 15 is 0 Å². The first-order chi connectivity index (χ1) is 14.7. The van der Waals surface area contributed by atoms with E-state index in [2.05, 4.69) is 5.32 Å². The van der Waals surface area contributed by atoms with Crippen molar-refractivity contribution in [3.8, 4) is 0 Å². The van der Waals surface area contributed by atoms with Crippen molar-refractivity contribution in [1.82, 2.24) is 4.90 Å². The highest BCUT2D eigenvalue weighted by Crippen LogP contribution is 2.27. The van der Waals surface area contributed by atoms with Crippen molar-refractivity contribution in [1.29, 1.82) is 0 Å². The molecular formula is C24H26N2O5. The van der Waals surface area contributed by atoms with Crippen molar-refractivity contribution in [3.63, 3.8) is 0 Å². The standard InChI is InChI=1S/C24H26N2O5/c1-14(2)11-20(26-22(28)17-7-5-6-8-18(17)23(26)29)24(30)31-13-21(27)25-19-10-9-15(3)12-16(19)4/h5-10,12,14,20H,11,13H2,1-4H3,(H,25,27)/t20-/m0/s1. The summed E-state index contributed by atoms with van der Waals surface area (Å²) in [6.07, 6.45) is 0.239. The summed E-state index contributed by atoms with van der Waals surface area (Å²) in [7, 11) is 0. The van der Waals surface area contributed by atoms with Crippen molar-refractivity contribution >= 4 is 29.4 Å². The molecule has 2 aromatic rings. The maximum absolute atomic E-state index is 12.8.